The summed E-state index contributed by atoms with van der Waals surface area (Å²) in [5.74, 6) is 0. The first-order valence-corrected chi connectivity index (χ1v) is 4.65. The molecule has 1 heterocycles. The van der Waals surface area contributed by atoms with Gasteiger partial charge in [0.25, 0.3) is 0 Å². The zero-order valence-electron chi connectivity index (χ0n) is 8.32. The summed E-state index contributed by atoms with van der Waals surface area (Å²) in [6.45, 7) is 9.64. The van der Waals surface area contributed by atoms with Gasteiger partial charge in [-0.2, -0.15) is 0 Å². The van der Waals surface area contributed by atoms with Crippen molar-refractivity contribution < 1.29 is 9.53 Å². The van der Waals surface area contributed by atoms with E-state index in [0.717, 1.165) is 25.1 Å². The van der Waals surface area contributed by atoms with Crippen molar-refractivity contribution in [3.8, 4) is 0 Å². The Bertz CT molecular complexity index is 193. The number of carbonyl (C=O) groups is 1. The molecular weight excluding hydrogens is 166 g/mol. The molecule has 13 heavy (non-hydrogen) atoms. The molecule has 0 radical (unpaired) electrons. The molecule has 0 spiro atoms. The van der Waals surface area contributed by atoms with Gasteiger partial charge in [-0.1, -0.05) is 6.58 Å². The van der Waals surface area contributed by atoms with Crippen LogP contribution in [0.1, 0.15) is 20.3 Å². The first-order valence-electron chi connectivity index (χ1n) is 4.65. The van der Waals surface area contributed by atoms with Crippen LogP contribution in [0.3, 0.4) is 0 Å². The van der Waals surface area contributed by atoms with E-state index in [1.807, 2.05) is 13.8 Å². The van der Waals surface area contributed by atoms with Gasteiger partial charge in [0.1, 0.15) is 6.29 Å². The molecule has 74 valence electrons. The van der Waals surface area contributed by atoms with Gasteiger partial charge in [-0.05, 0) is 13.8 Å². The molecule has 2 atom stereocenters. The van der Waals surface area contributed by atoms with Gasteiger partial charge in [0.05, 0.1) is 12.2 Å². The first-order chi connectivity index (χ1) is 6.13. The van der Waals surface area contributed by atoms with E-state index in [0.29, 0.717) is 6.42 Å². The lowest BCUT2D eigenvalue weighted by Gasteiger charge is -2.37. The summed E-state index contributed by atoms with van der Waals surface area (Å²) < 4.78 is 5.57. The SMILES string of the molecule is C=C(CC=O)N1CC(C)OC(C)C1. The van der Waals surface area contributed by atoms with E-state index in [2.05, 4.69) is 11.5 Å². The Labute approximate surface area is 79.4 Å². The number of carbonyl (C=O) groups excluding carboxylic acids is 1. The van der Waals surface area contributed by atoms with Gasteiger partial charge in [0, 0.05) is 25.2 Å². The number of nitrogens with zero attached hydrogens (tertiary/aromatic N) is 1. The molecule has 1 aliphatic heterocycles. The van der Waals surface area contributed by atoms with Crippen molar-refractivity contribution in [1.29, 1.82) is 0 Å². The number of rotatable bonds is 3. The summed E-state index contributed by atoms with van der Waals surface area (Å²) in [7, 11) is 0. The second-order valence-electron chi connectivity index (χ2n) is 3.60. The fraction of sp³-hybridized carbons (Fsp3) is 0.700. The van der Waals surface area contributed by atoms with Crippen LogP contribution in [0.25, 0.3) is 0 Å². The molecule has 3 nitrogen and oxygen atoms in total. The second kappa shape index (κ2) is 4.42. The minimum Gasteiger partial charge on any atom is -0.372 e. The number of allylic oxidation sites excluding steroid dienone is 1. The molecule has 0 aromatic rings. The van der Waals surface area contributed by atoms with E-state index in [-0.39, 0.29) is 12.2 Å². The van der Waals surface area contributed by atoms with Crippen LogP contribution in [0.5, 0.6) is 0 Å². The highest BCUT2D eigenvalue weighted by molar-refractivity contribution is 5.53. The predicted octanol–water partition coefficient (Wildman–Crippen LogP) is 1.20. The Hall–Kier alpha value is -0.830. The van der Waals surface area contributed by atoms with E-state index >= 15 is 0 Å². The van der Waals surface area contributed by atoms with Crippen molar-refractivity contribution in [2.75, 3.05) is 13.1 Å². The standard InChI is InChI=1S/C10H17NO2/c1-8(4-5-12)11-6-9(2)13-10(3)7-11/h5,9-10H,1,4,6-7H2,2-3H3. The molecule has 0 aromatic carbocycles. The lowest BCUT2D eigenvalue weighted by atomic mass is 10.2. The van der Waals surface area contributed by atoms with Crippen LogP contribution in [0.15, 0.2) is 12.3 Å². The fourth-order valence-corrected chi connectivity index (χ4v) is 1.66. The summed E-state index contributed by atoms with van der Waals surface area (Å²) in [4.78, 5) is 12.4. The highest BCUT2D eigenvalue weighted by Crippen LogP contribution is 2.15. The lowest BCUT2D eigenvalue weighted by Crippen LogP contribution is -2.44. The second-order valence-corrected chi connectivity index (χ2v) is 3.60. The van der Waals surface area contributed by atoms with Crippen molar-refractivity contribution in [2.24, 2.45) is 0 Å². The molecule has 0 bridgehead atoms. The van der Waals surface area contributed by atoms with E-state index in [4.69, 9.17) is 4.74 Å². The van der Waals surface area contributed by atoms with Gasteiger partial charge in [0.2, 0.25) is 0 Å². The quantitative estimate of drug-likeness (QED) is 0.616. The fourth-order valence-electron chi connectivity index (χ4n) is 1.66. The molecule has 0 saturated carbocycles. The Kier molecular flexibility index (Phi) is 3.48. The van der Waals surface area contributed by atoms with Gasteiger partial charge >= 0.3 is 0 Å². The van der Waals surface area contributed by atoms with Crippen molar-refractivity contribution in [1.82, 2.24) is 4.90 Å². The van der Waals surface area contributed by atoms with Gasteiger partial charge in [0.15, 0.2) is 0 Å². The molecule has 1 fully saturated rings. The number of ether oxygens (including phenoxy) is 1. The number of aldehydes is 1. The van der Waals surface area contributed by atoms with Crippen molar-refractivity contribution in [3.63, 3.8) is 0 Å². The highest BCUT2D eigenvalue weighted by Gasteiger charge is 2.22. The molecule has 3 heteroatoms. The highest BCUT2D eigenvalue weighted by atomic mass is 16.5. The Morgan fingerprint density at radius 1 is 1.54 bits per heavy atom. The van der Waals surface area contributed by atoms with Crippen LogP contribution >= 0.6 is 0 Å². The topological polar surface area (TPSA) is 29.5 Å². The largest absolute Gasteiger partial charge is 0.372 e. The van der Waals surface area contributed by atoms with Crippen molar-refractivity contribution >= 4 is 6.29 Å². The third-order valence-corrected chi connectivity index (χ3v) is 2.19. The Balaban J connectivity index is 2.49. The van der Waals surface area contributed by atoms with Crippen LogP contribution in [0.2, 0.25) is 0 Å². The number of hydrogen-bond acceptors (Lipinski definition) is 3. The maximum Gasteiger partial charge on any atom is 0.125 e. The number of morpholine rings is 1. The Morgan fingerprint density at radius 2 is 2.08 bits per heavy atom. The lowest BCUT2D eigenvalue weighted by molar-refractivity contribution is -0.108. The smallest absolute Gasteiger partial charge is 0.125 e. The molecule has 0 N–H and O–H groups in total. The summed E-state index contributed by atoms with van der Waals surface area (Å²) in [5, 5.41) is 0. The van der Waals surface area contributed by atoms with Crippen LogP contribution in [-0.4, -0.2) is 36.5 Å². The normalized spacial score (nSPS) is 28.6. The molecule has 1 rings (SSSR count). The van der Waals surface area contributed by atoms with Crippen molar-refractivity contribution in [2.45, 2.75) is 32.5 Å². The molecule has 1 saturated heterocycles. The minimum atomic E-state index is 0.229. The monoisotopic (exact) mass is 183 g/mol. The molecule has 0 amide bonds. The first kappa shape index (κ1) is 10.3. The minimum absolute atomic E-state index is 0.229. The molecular formula is C10H17NO2. The van der Waals surface area contributed by atoms with Gasteiger partial charge in [-0.15, -0.1) is 0 Å². The summed E-state index contributed by atoms with van der Waals surface area (Å²) in [6.07, 6.45) is 1.78. The van der Waals surface area contributed by atoms with Crippen LogP contribution in [0.4, 0.5) is 0 Å². The van der Waals surface area contributed by atoms with Crippen LogP contribution < -0.4 is 0 Å². The molecule has 0 aliphatic carbocycles. The summed E-state index contributed by atoms with van der Waals surface area (Å²) >= 11 is 0. The zero-order valence-corrected chi connectivity index (χ0v) is 8.32. The van der Waals surface area contributed by atoms with Gasteiger partial charge in [-0.25, -0.2) is 0 Å². The average molecular weight is 183 g/mol. The summed E-state index contributed by atoms with van der Waals surface area (Å²) in [5.41, 5.74) is 0.900. The third kappa shape index (κ3) is 2.84. The van der Waals surface area contributed by atoms with E-state index in [1.165, 1.54) is 0 Å². The molecule has 2 unspecified atom stereocenters. The van der Waals surface area contributed by atoms with Crippen LogP contribution in [0, 0.1) is 0 Å². The molecule has 0 aromatic heterocycles. The van der Waals surface area contributed by atoms with E-state index < -0.39 is 0 Å². The van der Waals surface area contributed by atoms with E-state index in [9.17, 15) is 4.79 Å². The van der Waals surface area contributed by atoms with E-state index in [1.54, 1.807) is 0 Å². The number of hydrogen-bond donors (Lipinski definition) is 0. The molecule has 1 aliphatic rings. The van der Waals surface area contributed by atoms with Crippen LogP contribution in [-0.2, 0) is 9.53 Å². The van der Waals surface area contributed by atoms with Gasteiger partial charge in [-0.3, -0.25) is 0 Å². The predicted molar refractivity (Wildman–Crippen MR) is 51.4 cm³/mol. The zero-order chi connectivity index (χ0) is 9.84. The van der Waals surface area contributed by atoms with Crippen molar-refractivity contribution in [3.05, 3.63) is 12.3 Å². The maximum atomic E-state index is 10.3. The summed E-state index contributed by atoms with van der Waals surface area (Å²) in [6, 6.07) is 0. The Morgan fingerprint density at radius 3 is 2.54 bits per heavy atom. The maximum absolute atomic E-state index is 10.3. The third-order valence-electron chi connectivity index (χ3n) is 2.19. The average Bonchev–Trinajstić information content (AvgIpc) is 2.03. The van der Waals surface area contributed by atoms with Gasteiger partial charge < -0.3 is 14.4 Å².